The van der Waals surface area contributed by atoms with Gasteiger partial charge in [-0.05, 0) is 31.7 Å². The molecule has 1 heterocycles. The number of hydrogen-bond acceptors (Lipinski definition) is 2. The molecule has 2 fully saturated rings. The van der Waals surface area contributed by atoms with Crippen molar-refractivity contribution in [3.05, 3.63) is 35.4 Å². The first-order valence-corrected chi connectivity index (χ1v) is 8.28. The number of nitrogens with zero attached hydrogens (tertiary/aromatic N) is 1. The minimum Gasteiger partial charge on any atom is -0.322 e. The fraction of sp³-hybridized carbons (Fsp3) is 0.611. The van der Waals surface area contributed by atoms with Crippen molar-refractivity contribution in [2.75, 3.05) is 6.54 Å². The van der Waals surface area contributed by atoms with Gasteiger partial charge in [0.15, 0.2) is 0 Å². The predicted molar refractivity (Wildman–Crippen MR) is 84.8 cm³/mol. The lowest BCUT2D eigenvalue weighted by Gasteiger charge is -2.26. The third-order valence-electron chi connectivity index (χ3n) is 4.98. The molecule has 114 valence electrons. The third-order valence-corrected chi connectivity index (χ3v) is 4.98. The summed E-state index contributed by atoms with van der Waals surface area (Å²) < 4.78 is 0. The molecule has 0 spiro atoms. The van der Waals surface area contributed by atoms with Gasteiger partial charge in [0.1, 0.15) is 6.17 Å². The number of hydrogen-bond donors (Lipinski definition) is 1. The Labute approximate surface area is 127 Å². The van der Waals surface area contributed by atoms with Crippen molar-refractivity contribution in [1.82, 2.24) is 10.2 Å². The van der Waals surface area contributed by atoms with Crippen LogP contribution in [0.3, 0.4) is 0 Å². The van der Waals surface area contributed by atoms with Crippen molar-refractivity contribution in [2.24, 2.45) is 5.92 Å². The van der Waals surface area contributed by atoms with E-state index in [4.69, 9.17) is 0 Å². The predicted octanol–water partition coefficient (Wildman–Crippen LogP) is 3.39. The van der Waals surface area contributed by atoms with Gasteiger partial charge >= 0.3 is 0 Å². The van der Waals surface area contributed by atoms with E-state index >= 15 is 0 Å². The highest BCUT2D eigenvalue weighted by molar-refractivity contribution is 5.84. The largest absolute Gasteiger partial charge is 0.322 e. The number of carbonyl (C=O) groups excluding carboxylic acids is 1. The zero-order valence-corrected chi connectivity index (χ0v) is 13.1. The Kier molecular flexibility index (Phi) is 4.29. The van der Waals surface area contributed by atoms with Gasteiger partial charge in [-0.3, -0.25) is 10.1 Å². The van der Waals surface area contributed by atoms with Gasteiger partial charge in [-0.25, -0.2) is 0 Å². The first-order chi connectivity index (χ1) is 10.1. The Bertz CT molecular complexity index is 508. The van der Waals surface area contributed by atoms with Gasteiger partial charge in [0.25, 0.3) is 0 Å². The van der Waals surface area contributed by atoms with E-state index in [-0.39, 0.29) is 18.1 Å². The van der Waals surface area contributed by atoms with Gasteiger partial charge < -0.3 is 4.90 Å². The van der Waals surface area contributed by atoms with E-state index in [9.17, 15) is 4.79 Å². The molecular weight excluding hydrogens is 260 g/mol. The quantitative estimate of drug-likeness (QED) is 0.920. The van der Waals surface area contributed by atoms with Gasteiger partial charge in [0.2, 0.25) is 5.91 Å². The van der Waals surface area contributed by atoms with Crippen molar-refractivity contribution < 1.29 is 4.79 Å². The van der Waals surface area contributed by atoms with E-state index in [0.717, 1.165) is 18.9 Å². The average Bonchev–Trinajstić information content (AvgIpc) is 3.07. The Morgan fingerprint density at radius 3 is 2.76 bits per heavy atom. The molecule has 1 aliphatic heterocycles. The molecule has 2 unspecified atom stereocenters. The van der Waals surface area contributed by atoms with Crippen molar-refractivity contribution in [2.45, 2.75) is 58.2 Å². The zero-order valence-electron chi connectivity index (χ0n) is 13.1. The second kappa shape index (κ2) is 6.18. The molecule has 1 aliphatic carbocycles. The molecule has 1 aromatic carbocycles. The van der Waals surface area contributed by atoms with Gasteiger partial charge in [-0.15, -0.1) is 0 Å². The molecular formula is C18H26N2O. The SMILES string of the molecule is Cc1cccc(C2NC(C)C(=O)N2CCC2CCCC2)c1. The summed E-state index contributed by atoms with van der Waals surface area (Å²) in [6, 6.07) is 8.42. The van der Waals surface area contributed by atoms with Crippen molar-refractivity contribution in [3.63, 3.8) is 0 Å². The van der Waals surface area contributed by atoms with Crippen LogP contribution in [0.4, 0.5) is 0 Å². The van der Waals surface area contributed by atoms with Crippen LogP contribution in [0.1, 0.15) is 56.3 Å². The van der Waals surface area contributed by atoms with Crippen LogP contribution in [0.25, 0.3) is 0 Å². The molecule has 2 atom stereocenters. The Balaban J connectivity index is 1.72. The van der Waals surface area contributed by atoms with Crippen LogP contribution in [0.15, 0.2) is 24.3 Å². The molecule has 1 saturated carbocycles. The van der Waals surface area contributed by atoms with Crippen LogP contribution < -0.4 is 5.32 Å². The molecule has 1 amide bonds. The maximum atomic E-state index is 12.4. The molecule has 2 aliphatic rings. The highest BCUT2D eigenvalue weighted by Crippen LogP contribution is 2.31. The monoisotopic (exact) mass is 286 g/mol. The van der Waals surface area contributed by atoms with Crippen LogP contribution in [0, 0.1) is 12.8 Å². The minimum atomic E-state index is -0.0703. The summed E-state index contributed by atoms with van der Waals surface area (Å²) >= 11 is 0. The standard InChI is InChI=1S/C18H26N2O/c1-13-6-5-9-16(12-13)17-19-14(2)18(21)20(17)11-10-15-7-3-4-8-15/h5-6,9,12,14-15,17,19H,3-4,7-8,10-11H2,1-2H3. The van der Waals surface area contributed by atoms with E-state index in [0.29, 0.717) is 0 Å². The summed E-state index contributed by atoms with van der Waals surface area (Å²) in [7, 11) is 0. The lowest BCUT2D eigenvalue weighted by Crippen LogP contribution is -2.32. The van der Waals surface area contributed by atoms with E-state index in [2.05, 4.69) is 41.4 Å². The number of rotatable bonds is 4. The van der Waals surface area contributed by atoms with E-state index < -0.39 is 0 Å². The summed E-state index contributed by atoms with van der Waals surface area (Å²) in [5.74, 6) is 1.08. The average molecular weight is 286 g/mol. The molecule has 0 bridgehead atoms. The van der Waals surface area contributed by atoms with Crippen molar-refractivity contribution >= 4 is 5.91 Å². The minimum absolute atomic E-state index is 0.0498. The summed E-state index contributed by atoms with van der Waals surface area (Å²) in [6.07, 6.45) is 6.64. The molecule has 3 nitrogen and oxygen atoms in total. The van der Waals surface area contributed by atoms with E-state index in [1.807, 2.05) is 6.92 Å². The van der Waals surface area contributed by atoms with Crippen LogP contribution in [0.2, 0.25) is 0 Å². The van der Waals surface area contributed by atoms with Crippen molar-refractivity contribution in [3.8, 4) is 0 Å². The van der Waals surface area contributed by atoms with Gasteiger partial charge in [-0.1, -0.05) is 55.5 Å². The summed E-state index contributed by atoms with van der Waals surface area (Å²) in [5, 5.41) is 3.45. The Morgan fingerprint density at radius 1 is 1.29 bits per heavy atom. The number of aryl methyl sites for hydroxylation is 1. The maximum absolute atomic E-state index is 12.4. The smallest absolute Gasteiger partial charge is 0.241 e. The number of amides is 1. The summed E-state index contributed by atoms with van der Waals surface area (Å²) in [5.41, 5.74) is 2.45. The lowest BCUT2D eigenvalue weighted by molar-refractivity contribution is -0.130. The molecule has 3 rings (SSSR count). The molecule has 0 radical (unpaired) electrons. The Hall–Kier alpha value is -1.35. The third kappa shape index (κ3) is 3.13. The molecule has 1 saturated heterocycles. The topological polar surface area (TPSA) is 32.3 Å². The fourth-order valence-corrected chi connectivity index (χ4v) is 3.75. The van der Waals surface area contributed by atoms with Gasteiger partial charge in [0, 0.05) is 6.54 Å². The first-order valence-electron chi connectivity index (χ1n) is 8.28. The van der Waals surface area contributed by atoms with Gasteiger partial charge in [0.05, 0.1) is 6.04 Å². The number of carbonyl (C=O) groups is 1. The summed E-state index contributed by atoms with van der Waals surface area (Å²) in [6.45, 7) is 4.96. The van der Waals surface area contributed by atoms with Gasteiger partial charge in [-0.2, -0.15) is 0 Å². The first kappa shape index (κ1) is 14.6. The highest BCUT2D eigenvalue weighted by Gasteiger charge is 2.37. The fourth-order valence-electron chi connectivity index (χ4n) is 3.75. The van der Waals surface area contributed by atoms with Crippen LogP contribution in [-0.4, -0.2) is 23.4 Å². The zero-order chi connectivity index (χ0) is 14.8. The van der Waals surface area contributed by atoms with Crippen LogP contribution >= 0.6 is 0 Å². The number of nitrogens with one attached hydrogen (secondary N) is 1. The second-order valence-electron chi connectivity index (χ2n) is 6.68. The maximum Gasteiger partial charge on any atom is 0.241 e. The van der Waals surface area contributed by atoms with Crippen LogP contribution in [-0.2, 0) is 4.79 Å². The van der Waals surface area contributed by atoms with Crippen LogP contribution in [0.5, 0.6) is 0 Å². The molecule has 1 N–H and O–H groups in total. The number of benzene rings is 1. The lowest BCUT2D eigenvalue weighted by atomic mass is 10.0. The highest BCUT2D eigenvalue weighted by atomic mass is 16.2. The normalized spacial score (nSPS) is 26.8. The van der Waals surface area contributed by atoms with Crippen molar-refractivity contribution in [1.29, 1.82) is 0 Å². The van der Waals surface area contributed by atoms with E-state index in [1.54, 1.807) is 0 Å². The second-order valence-corrected chi connectivity index (χ2v) is 6.68. The molecule has 1 aromatic rings. The Morgan fingerprint density at radius 2 is 2.05 bits per heavy atom. The molecule has 3 heteroatoms. The molecule has 21 heavy (non-hydrogen) atoms. The summed E-state index contributed by atoms with van der Waals surface area (Å²) in [4.78, 5) is 14.5. The van der Waals surface area contributed by atoms with E-state index in [1.165, 1.54) is 36.8 Å². The molecule has 0 aromatic heterocycles.